The van der Waals surface area contributed by atoms with Crippen LogP contribution in [0.25, 0.3) is 0 Å². The van der Waals surface area contributed by atoms with Crippen molar-refractivity contribution in [2.75, 3.05) is 26.3 Å². The molecule has 5 nitrogen and oxygen atoms in total. The number of nitrogens with zero attached hydrogens (tertiary/aromatic N) is 1. The summed E-state index contributed by atoms with van der Waals surface area (Å²) in [4.78, 5) is 25.9. The Balaban J connectivity index is 1.83. The van der Waals surface area contributed by atoms with Gasteiger partial charge < -0.3 is 15.0 Å². The lowest BCUT2D eigenvalue weighted by Gasteiger charge is -2.29. The van der Waals surface area contributed by atoms with Crippen LogP contribution < -0.4 is 5.32 Å². The lowest BCUT2D eigenvalue weighted by atomic mass is 10.1. The minimum absolute atomic E-state index is 0.0533. The Hall–Kier alpha value is -1.40. The molecule has 2 amide bonds. The second-order valence-corrected chi connectivity index (χ2v) is 5.95. The molecule has 1 N–H and O–H groups in total. The third-order valence-corrected chi connectivity index (χ3v) is 3.88. The quantitative estimate of drug-likeness (QED) is 0.887. The van der Waals surface area contributed by atoms with Gasteiger partial charge in [-0.2, -0.15) is 0 Å². The third-order valence-electron chi connectivity index (χ3n) is 3.35. The average Bonchev–Trinajstić information content (AvgIpc) is 2.49. The van der Waals surface area contributed by atoms with Crippen molar-refractivity contribution in [3.8, 4) is 0 Å². The van der Waals surface area contributed by atoms with Crippen molar-refractivity contribution in [3.05, 3.63) is 34.3 Å². The third kappa shape index (κ3) is 4.82. The maximum Gasteiger partial charge on any atom is 0.245 e. The zero-order valence-electron chi connectivity index (χ0n) is 12.0. The predicted octanol–water partition coefficient (Wildman–Crippen LogP) is 1.36. The molecule has 1 aromatic rings. The van der Waals surface area contributed by atoms with Crippen molar-refractivity contribution >= 4 is 27.7 Å². The van der Waals surface area contributed by atoms with Gasteiger partial charge in [-0.1, -0.05) is 28.1 Å². The van der Waals surface area contributed by atoms with E-state index in [1.54, 1.807) is 11.8 Å². The Morgan fingerprint density at radius 3 is 2.52 bits per heavy atom. The molecule has 0 bridgehead atoms. The van der Waals surface area contributed by atoms with Gasteiger partial charge in [-0.25, -0.2) is 0 Å². The number of carbonyl (C=O) groups is 2. The fourth-order valence-corrected chi connectivity index (χ4v) is 2.46. The van der Waals surface area contributed by atoms with Crippen molar-refractivity contribution in [1.29, 1.82) is 0 Å². The molecule has 21 heavy (non-hydrogen) atoms. The number of benzene rings is 1. The number of morpholine rings is 1. The molecule has 0 saturated carbocycles. The Labute approximate surface area is 132 Å². The number of amides is 2. The van der Waals surface area contributed by atoms with E-state index in [0.29, 0.717) is 26.3 Å². The maximum atomic E-state index is 12.2. The first-order valence-electron chi connectivity index (χ1n) is 6.96. The molecule has 0 aliphatic carbocycles. The second kappa shape index (κ2) is 7.56. The van der Waals surface area contributed by atoms with E-state index in [9.17, 15) is 9.59 Å². The van der Waals surface area contributed by atoms with Gasteiger partial charge in [0.05, 0.1) is 19.6 Å². The van der Waals surface area contributed by atoms with Crippen LogP contribution in [0.4, 0.5) is 0 Å². The first kappa shape index (κ1) is 16.0. The van der Waals surface area contributed by atoms with E-state index in [0.717, 1.165) is 10.0 Å². The number of rotatable bonds is 4. The van der Waals surface area contributed by atoms with Gasteiger partial charge in [0.15, 0.2) is 0 Å². The molecule has 0 aromatic heterocycles. The molecule has 1 aliphatic heterocycles. The highest BCUT2D eigenvalue weighted by atomic mass is 79.9. The SMILES string of the molecule is CC(NC(=O)Cc1ccc(Br)cc1)C(=O)N1CCOCC1. The first-order valence-corrected chi connectivity index (χ1v) is 7.76. The Morgan fingerprint density at radius 2 is 1.90 bits per heavy atom. The van der Waals surface area contributed by atoms with Gasteiger partial charge in [0.1, 0.15) is 6.04 Å². The van der Waals surface area contributed by atoms with Crippen LogP contribution in [0, 0.1) is 0 Å². The summed E-state index contributed by atoms with van der Waals surface area (Å²) >= 11 is 3.35. The summed E-state index contributed by atoms with van der Waals surface area (Å²) in [5.41, 5.74) is 0.918. The molecule has 1 atom stereocenters. The summed E-state index contributed by atoms with van der Waals surface area (Å²) in [5.74, 6) is -0.200. The molecule has 1 aliphatic rings. The first-order chi connectivity index (χ1) is 10.1. The van der Waals surface area contributed by atoms with Gasteiger partial charge in [-0.3, -0.25) is 9.59 Å². The van der Waals surface area contributed by atoms with Gasteiger partial charge in [-0.05, 0) is 24.6 Å². The highest BCUT2D eigenvalue weighted by Crippen LogP contribution is 2.11. The normalized spacial score (nSPS) is 16.4. The number of carbonyl (C=O) groups excluding carboxylic acids is 2. The Kier molecular flexibility index (Phi) is 5.76. The number of ether oxygens (including phenoxy) is 1. The smallest absolute Gasteiger partial charge is 0.245 e. The molecule has 1 heterocycles. The van der Waals surface area contributed by atoms with Crippen molar-refractivity contribution in [3.63, 3.8) is 0 Å². The van der Waals surface area contributed by atoms with E-state index in [4.69, 9.17) is 4.74 Å². The fourth-order valence-electron chi connectivity index (χ4n) is 2.20. The fraction of sp³-hybridized carbons (Fsp3) is 0.467. The molecule has 0 spiro atoms. The van der Waals surface area contributed by atoms with Crippen LogP contribution in [0.15, 0.2) is 28.7 Å². The largest absolute Gasteiger partial charge is 0.378 e. The highest BCUT2D eigenvalue weighted by Gasteiger charge is 2.23. The monoisotopic (exact) mass is 354 g/mol. The van der Waals surface area contributed by atoms with Crippen LogP contribution >= 0.6 is 15.9 Å². The topological polar surface area (TPSA) is 58.6 Å². The van der Waals surface area contributed by atoms with E-state index in [1.807, 2.05) is 24.3 Å². The summed E-state index contributed by atoms with van der Waals surface area (Å²) < 4.78 is 6.19. The lowest BCUT2D eigenvalue weighted by Crippen LogP contribution is -2.50. The van der Waals surface area contributed by atoms with Crippen molar-refractivity contribution in [2.24, 2.45) is 0 Å². The Bertz CT molecular complexity index is 498. The van der Waals surface area contributed by atoms with Crippen LogP contribution in [0.1, 0.15) is 12.5 Å². The standard InChI is InChI=1S/C15H19BrN2O3/c1-11(15(20)18-6-8-21-9-7-18)17-14(19)10-12-2-4-13(16)5-3-12/h2-5,11H,6-10H2,1H3,(H,17,19). The zero-order chi connectivity index (χ0) is 15.2. The van der Waals surface area contributed by atoms with Crippen molar-refractivity contribution < 1.29 is 14.3 Å². The molecule has 2 rings (SSSR count). The van der Waals surface area contributed by atoms with E-state index in [2.05, 4.69) is 21.2 Å². The van der Waals surface area contributed by atoms with Gasteiger partial charge >= 0.3 is 0 Å². The summed E-state index contributed by atoms with van der Waals surface area (Å²) in [6.45, 7) is 4.02. The highest BCUT2D eigenvalue weighted by molar-refractivity contribution is 9.10. The van der Waals surface area contributed by atoms with Crippen LogP contribution in [0.2, 0.25) is 0 Å². The van der Waals surface area contributed by atoms with Gasteiger partial charge in [-0.15, -0.1) is 0 Å². The zero-order valence-corrected chi connectivity index (χ0v) is 13.6. The van der Waals surface area contributed by atoms with Crippen molar-refractivity contribution in [1.82, 2.24) is 10.2 Å². The molecule has 1 unspecified atom stereocenters. The maximum absolute atomic E-state index is 12.2. The van der Waals surface area contributed by atoms with Crippen LogP contribution in [-0.2, 0) is 20.7 Å². The van der Waals surface area contributed by atoms with E-state index >= 15 is 0 Å². The van der Waals surface area contributed by atoms with Crippen LogP contribution in [0.3, 0.4) is 0 Å². The minimum Gasteiger partial charge on any atom is -0.378 e. The number of halogens is 1. The van der Waals surface area contributed by atoms with Crippen LogP contribution in [0.5, 0.6) is 0 Å². The molecule has 0 radical (unpaired) electrons. The number of hydrogen-bond donors (Lipinski definition) is 1. The van der Waals surface area contributed by atoms with E-state index in [-0.39, 0.29) is 18.2 Å². The minimum atomic E-state index is -0.508. The molecular formula is C15H19BrN2O3. The van der Waals surface area contributed by atoms with Crippen LogP contribution in [-0.4, -0.2) is 49.1 Å². The van der Waals surface area contributed by atoms with Gasteiger partial charge in [0.25, 0.3) is 0 Å². The molecule has 114 valence electrons. The number of nitrogens with one attached hydrogen (secondary N) is 1. The molecular weight excluding hydrogens is 336 g/mol. The Morgan fingerprint density at radius 1 is 1.29 bits per heavy atom. The summed E-state index contributed by atoms with van der Waals surface area (Å²) in [7, 11) is 0. The lowest BCUT2D eigenvalue weighted by molar-refractivity contribution is -0.139. The van der Waals surface area contributed by atoms with Gasteiger partial charge in [0, 0.05) is 17.6 Å². The van der Waals surface area contributed by atoms with Gasteiger partial charge in [0.2, 0.25) is 11.8 Å². The second-order valence-electron chi connectivity index (χ2n) is 5.03. The molecule has 1 saturated heterocycles. The van der Waals surface area contributed by atoms with E-state index in [1.165, 1.54) is 0 Å². The average molecular weight is 355 g/mol. The van der Waals surface area contributed by atoms with Crippen molar-refractivity contribution in [2.45, 2.75) is 19.4 Å². The molecule has 6 heteroatoms. The summed E-state index contributed by atoms with van der Waals surface area (Å²) in [5, 5.41) is 2.76. The predicted molar refractivity (Wildman–Crippen MR) is 82.8 cm³/mol. The number of hydrogen-bond acceptors (Lipinski definition) is 3. The molecule has 1 fully saturated rings. The summed E-state index contributed by atoms with van der Waals surface area (Å²) in [6, 6.07) is 7.05. The molecule has 1 aromatic carbocycles. The van der Waals surface area contributed by atoms with E-state index < -0.39 is 6.04 Å². The summed E-state index contributed by atoms with van der Waals surface area (Å²) in [6.07, 6.45) is 0.272.